The molecular weight excluding hydrogens is 378 g/mol. The Labute approximate surface area is 169 Å². The number of hydrogen-bond donors (Lipinski definition) is 1. The van der Waals surface area contributed by atoms with Gasteiger partial charge in [-0.25, -0.2) is 4.79 Å². The van der Waals surface area contributed by atoms with Gasteiger partial charge in [-0.15, -0.1) is 0 Å². The molecule has 1 amide bonds. The van der Waals surface area contributed by atoms with Crippen LogP contribution >= 0.6 is 0 Å². The molecule has 8 heteroatoms. The van der Waals surface area contributed by atoms with Crippen LogP contribution in [0.15, 0.2) is 36.4 Å². The second kappa shape index (κ2) is 10.2. The summed E-state index contributed by atoms with van der Waals surface area (Å²) in [6, 6.07) is 9.99. The molecule has 0 radical (unpaired) electrons. The highest BCUT2D eigenvalue weighted by molar-refractivity contribution is 5.92. The maximum atomic E-state index is 12.4. The summed E-state index contributed by atoms with van der Waals surface area (Å²) >= 11 is 0. The average molecular weight is 403 g/mol. The van der Waals surface area contributed by atoms with Crippen molar-refractivity contribution in [2.45, 2.75) is 13.0 Å². The minimum absolute atomic E-state index is 0.174. The fraction of sp³-hybridized carbons (Fsp3) is 0.333. The first-order chi connectivity index (χ1) is 13.9. The quantitative estimate of drug-likeness (QED) is 0.644. The number of benzene rings is 2. The lowest BCUT2D eigenvalue weighted by molar-refractivity contribution is -0.124. The highest BCUT2D eigenvalue weighted by atomic mass is 16.5. The number of amides is 1. The number of esters is 1. The Morgan fingerprint density at radius 3 is 2.14 bits per heavy atom. The van der Waals surface area contributed by atoms with Crippen LogP contribution in [-0.4, -0.2) is 46.9 Å². The normalized spacial score (nSPS) is 11.2. The molecule has 0 saturated carbocycles. The van der Waals surface area contributed by atoms with Crippen molar-refractivity contribution in [3.8, 4) is 23.0 Å². The van der Waals surface area contributed by atoms with Crippen molar-refractivity contribution in [1.82, 2.24) is 5.32 Å². The van der Waals surface area contributed by atoms with Crippen molar-refractivity contribution < 1.29 is 33.3 Å². The van der Waals surface area contributed by atoms with E-state index in [9.17, 15) is 9.59 Å². The molecule has 0 aliphatic carbocycles. The molecule has 2 aromatic carbocycles. The van der Waals surface area contributed by atoms with Crippen LogP contribution in [0.3, 0.4) is 0 Å². The van der Waals surface area contributed by atoms with Gasteiger partial charge in [0.25, 0.3) is 5.91 Å². The van der Waals surface area contributed by atoms with E-state index in [1.54, 1.807) is 7.11 Å². The molecular formula is C21H25NO7. The highest BCUT2D eigenvalue weighted by Crippen LogP contribution is 2.38. The Morgan fingerprint density at radius 1 is 0.931 bits per heavy atom. The summed E-state index contributed by atoms with van der Waals surface area (Å²) in [5.74, 6) is 0.563. The average Bonchev–Trinajstić information content (AvgIpc) is 2.76. The molecule has 0 saturated heterocycles. The zero-order valence-electron chi connectivity index (χ0n) is 17.1. The van der Waals surface area contributed by atoms with Crippen molar-refractivity contribution in [2.24, 2.45) is 0 Å². The van der Waals surface area contributed by atoms with Crippen molar-refractivity contribution >= 4 is 11.9 Å². The summed E-state index contributed by atoms with van der Waals surface area (Å²) in [6.07, 6.45) is 0. The van der Waals surface area contributed by atoms with Crippen LogP contribution in [0.5, 0.6) is 23.0 Å². The van der Waals surface area contributed by atoms with E-state index in [0.717, 1.165) is 5.56 Å². The van der Waals surface area contributed by atoms with Gasteiger partial charge in [0.1, 0.15) is 5.75 Å². The number of methoxy groups -OCH3 is 4. The fourth-order valence-electron chi connectivity index (χ4n) is 2.69. The molecule has 8 nitrogen and oxygen atoms in total. The van der Waals surface area contributed by atoms with Crippen molar-refractivity contribution in [1.29, 1.82) is 0 Å². The van der Waals surface area contributed by atoms with E-state index >= 15 is 0 Å². The minimum atomic E-state index is -0.687. The molecule has 0 aromatic heterocycles. The van der Waals surface area contributed by atoms with Gasteiger partial charge < -0.3 is 29.0 Å². The predicted molar refractivity (Wildman–Crippen MR) is 106 cm³/mol. The largest absolute Gasteiger partial charge is 0.497 e. The van der Waals surface area contributed by atoms with Crippen LogP contribution in [0.25, 0.3) is 0 Å². The lowest BCUT2D eigenvalue weighted by Gasteiger charge is -2.16. The first-order valence-corrected chi connectivity index (χ1v) is 8.83. The lowest BCUT2D eigenvalue weighted by atomic mass is 10.1. The monoisotopic (exact) mass is 403 g/mol. The van der Waals surface area contributed by atoms with E-state index in [-0.39, 0.29) is 11.6 Å². The standard InChI is InChI=1S/C21H25NO7/c1-13(14-7-6-8-16(9-14)25-2)22-19(23)12-29-21(24)15-10-17(26-3)20(28-5)18(11-15)27-4/h6-11,13H,12H2,1-5H3,(H,22,23)/t13-/m1/s1. The van der Waals surface area contributed by atoms with Crippen LogP contribution in [0.2, 0.25) is 0 Å². The van der Waals surface area contributed by atoms with Crippen LogP contribution in [0.4, 0.5) is 0 Å². The molecule has 0 aliphatic rings. The Morgan fingerprint density at radius 2 is 1.59 bits per heavy atom. The second-order valence-corrected chi connectivity index (χ2v) is 6.06. The van der Waals surface area contributed by atoms with E-state index in [1.807, 2.05) is 31.2 Å². The molecule has 156 valence electrons. The summed E-state index contributed by atoms with van der Waals surface area (Å²) in [5, 5.41) is 2.78. The van der Waals surface area contributed by atoms with E-state index in [4.69, 9.17) is 23.7 Å². The number of carbonyl (C=O) groups is 2. The van der Waals surface area contributed by atoms with Gasteiger partial charge in [-0.05, 0) is 36.8 Å². The smallest absolute Gasteiger partial charge is 0.338 e. The summed E-state index contributed by atoms with van der Waals surface area (Å²) in [6.45, 7) is 1.40. The first-order valence-electron chi connectivity index (χ1n) is 8.83. The SMILES string of the molecule is COc1cccc([C@@H](C)NC(=O)COC(=O)c2cc(OC)c(OC)c(OC)c2)c1. The van der Waals surface area contributed by atoms with Crippen LogP contribution in [0, 0.1) is 0 Å². The van der Waals surface area contributed by atoms with E-state index in [1.165, 1.54) is 33.5 Å². The van der Waals surface area contributed by atoms with Gasteiger partial charge in [-0.3, -0.25) is 4.79 Å². The van der Waals surface area contributed by atoms with Gasteiger partial charge in [-0.1, -0.05) is 12.1 Å². The Hall–Kier alpha value is -3.42. The molecule has 1 atom stereocenters. The molecule has 0 fully saturated rings. The Kier molecular flexibility index (Phi) is 7.70. The third kappa shape index (κ3) is 5.54. The maximum absolute atomic E-state index is 12.4. The highest BCUT2D eigenvalue weighted by Gasteiger charge is 2.19. The number of carbonyl (C=O) groups excluding carboxylic acids is 2. The van der Waals surface area contributed by atoms with Gasteiger partial charge >= 0.3 is 5.97 Å². The van der Waals surface area contributed by atoms with Gasteiger partial charge in [0.05, 0.1) is 40.0 Å². The van der Waals surface area contributed by atoms with Gasteiger partial charge in [0.2, 0.25) is 5.75 Å². The number of hydrogen-bond acceptors (Lipinski definition) is 7. The van der Waals surface area contributed by atoms with E-state index < -0.39 is 18.5 Å². The third-order valence-corrected chi connectivity index (χ3v) is 4.21. The predicted octanol–water partition coefficient (Wildman–Crippen LogP) is 2.76. The van der Waals surface area contributed by atoms with Gasteiger partial charge in [0, 0.05) is 0 Å². The van der Waals surface area contributed by atoms with Crippen molar-refractivity contribution in [3.63, 3.8) is 0 Å². The summed E-state index contributed by atoms with van der Waals surface area (Å²) in [5.41, 5.74) is 1.04. The summed E-state index contributed by atoms with van der Waals surface area (Å²) in [7, 11) is 5.93. The first kappa shape index (κ1) is 21.9. The minimum Gasteiger partial charge on any atom is -0.497 e. The Balaban J connectivity index is 2.00. The van der Waals surface area contributed by atoms with Crippen molar-refractivity contribution in [3.05, 3.63) is 47.5 Å². The molecule has 29 heavy (non-hydrogen) atoms. The van der Waals surface area contributed by atoms with E-state index in [0.29, 0.717) is 23.0 Å². The van der Waals surface area contributed by atoms with Gasteiger partial charge in [-0.2, -0.15) is 0 Å². The molecule has 0 bridgehead atoms. The number of nitrogens with one attached hydrogen (secondary N) is 1. The van der Waals surface area contributed by atoms with Crippen LogP contribution in [0.1, 0.15) is 28.9 Å². The molecule has 0 heterocycles. The Bertz CT molecular complexity index is 841. The van der Waals surface area contributed by atoms with Crippen molar-refractivity contribution in [2.75, 3.05) is 35.0 Å². The molecule has 2 rings (SSSR count). The zero-order valence-corrected chi connectivity index (χ0v) is 17.1. The molecule has 1 N–H and O–H groups in total. The molecule has 0 aliphatic heterocycles. The lowest BCUT2D eigenvalue weighted by Crippen LogP contribution is -2.31. The zero-order chi connectivity index (χ0) is 21.4. The van der Waals surface area contributed by atoms with Gasteiger partial charge in [0.15, 0.2) is 18.1 Å². The maximum Gasteiger partial charge on any atom is 0.338 e. The van der Waals surface area contributed by atoms with E-state index in [2.05, 4.69) is 5.32 Å². The van der Waals surface area contributed by atoms with Crippen LogP contribution < -0.4 is 24.3 Å². The number of rotatable bonds is 9. The summed E-state index contributed by atoms with van der Waals surface area (Å²) < 4.78 is 25.9. The second-order valence-electron chi connectivity index (χ2n) is 6.06. The fourth-order valence-corrected chi connectivity index (χ4v) is 2.69. The summed E-state index contributed by atoms with van der Waals surface area (Å²) in [4.78, 5) is 24.5. The third-order valence-electron chi connectivity index (χ3n) is 4.21. The molecule has 2 aromatic rings. The molecule has 0 unspecified atom stereocenters. The number of ether oxygens (including phenoxy) is 5. The van der Waals surface area contributed by atoms with Crippen LogP contribution in [-0.2, 0) is 9.53 Å². The molecule has 0 spiro atoms. The topological polar surface area (TPSA) is 92.3 Å².